The topological polar surface area (TPSA) is 15.6 Å². The molecule has 1 saturated carbocycles. The first kappa shape index (κ1) is 13.4. The molecule has 18 heavy (non-hydrogen) atoms. The largest absolute Gasteiger partial charge is 0.357 e. The van der Waals surface area contributed by atoms with Crippen LogP contribution in [0.4, 0.5) is 0 Å². The molecular weight excluding hydrogens is 220 g/mol. The molecule has 0 aromatic rings. The van der Waals surface area contributed by atoms with Crippen LogP contribution in [0.1, 0.15) is 46.0 Å². The first-order valence-electron chi connectivity index (χ1n) is 7.37. The number of allylic oxidation sites excluding steroid dienone is 2. The monoisotopic (exact) mass is 246 g/mol. The first-order valence-corrected chi connectivity index (χ1v) is 7.37. The average Bonchev–Trinajstić information content (AvgIpc) is 3.24. The Labute approximate surface area is 111 Å². The molecule has 2 rings (SSSR count). The molecule has 0 spiro atoms. The summed E-state index contributed by atoms with van der Waals surface area (Å²) in [7, 11) is 0. The Morgan fingerprint density at radius 3 is 2.33 bits per heavy atom. The van der Waals surface area contributed by atoms with Crippen molar-refractivity contribution in [3.63, 3.8) is 0 Å². The van der Waals surface area contributed by atoms with Crippen molar-refractivity contribution in [3.8, 4) is 0 Å². The van der Waals surface area contributed by atoms with Gasteiger partial charge in [-0.3, -0.25) is 0 Å². The summed E-state index contributed by atoms with van der Waals surface area (Å²) in [5.41, 5.74) is 1.28. The summed E-state index contributed by atoms with van der Waals surface area (Å²) in [4.78, 5) is 6.86. The van der Waals surface area contributed by atoms with Gasteiger partial charge in [-0.1, -0.05) is 19.6 Å². The van der Waals surface area contributed by atoms with Crippen LogP contribution in [0.2, 0.25) is 0 Å². The molecule has 0 unspecified atom stereocenters. The molecule has 2 nitrogen and oxygen atoms in total. The van der Waals surface area contributed by atoms with Crippen molar-refractivity contribution >= 4 is 6.21 Å². The van der Waals surface area contributed by atoms with Crippen LogP contribution >= 0.6 is 0 Å². The molecule has 1 aliphatic heterocycles. The fourth-order valence-corrected chi connectivity index (χ4v) is 2.81. The van der Waals surface area contributed by atoms with Crippen LogP contribution < -0.4 is 0 Å². The van der Waals surface area contributed by atoms with Crippen LogP contribution in [0.25, 0.3) is 0 Å². The van der Waals surface area contributed by atoms with E-state index in [1.54, 1.807) is 0 Å². The van der Waals surface area contributed by atoms with E-state index in [1.807, 2.05) is 6.21 Å². The van der Waals surface area contributed by atoms with E-state index in [0.29, 0.717) is 0 Å². The number of hydrogen-bond donors (Lipinski definition) is 0. The van der Waals surface area contributed by atoms with Crippen LogP contribution in [0, 0.1) is 11.8 Å². The minimum Gasteiger partial charge on any atom is -0.357 e. The number of rotatable bonds is 5. The zero-order chi connectivity index (χ0) is 13.0. The van der Waals surface area contributed by atoms with E-state index in [2.05, 4.69) is 36.4 Å². The molecule has 0 atom stereocenters. The predicted molar refractivity (Wildman–Crippen MR) is 78.7 cm³/mol. The third-order valence-electron chi connectivity index (χ3n) is 4.35. The summed E-state index contributed by atoms with van der Waals surface area (Å²) in [5, 5.41) is 0. The highest BCUT2D eigenvalue weighted by Crippen LogP contribution is 2.42. The zero-order valence-electron chi connectivity index (χ0n) is 11.9. The van der Waals surface area contributed by atoms with Gasteiger partial charge >= 0.3 is 0 Å². The van der Waals surface area contributed by atoms with Crippen molar-refractivity contribution in [1.82, 2.24) is 4.90 Å². The maximum Gasteiger partial charge on any atom is 0.121 e. The standard InChI is InChI=1S/C16H26N2/c1-4-14(5-2)12-17-13(3)18-10-8-16(9-11-18)15-6-7-15/h4,12,15-16H,3,5-11H2,1-2H3/b14-4-,17-12-. The van der Waals surface area contributed by atoms with Crippen LogP contribution in [-0.4, -0.2) is 24.2 Å². The Morgan fingerprint density at radius 1 is 1.22 bits per heavy atom. The van der Waals surface area contributed by atoms with Crippen molar-refractivity contribution in [1.29, 1.82) is 0 Å². The highest BCUT2D eigenvalue weighted by Gasteiger charge is 2.33. The van der Waals surface area contributed by atoms with E-state index in [0.717, 1.165) is 37.2 Å². The van der Waals surface area contributed by atoms with Gasteiger partial charge in [0.05, 0.1) is 0 Å². The summed E-state index contributed by atoms with van der Waals surface area (Å²) in [5.74, 6) is 2.98. The van der Waals surface area contributed by atoms with Crippen molar-refractivity contribution < 1.29 is 0 Å². The van der Waals surface area contributed by atoms with Gasteiger partial charge in [0, 0.05) is 19.3 Å². The van der Waals surface area contributed by atoms with E-state index in [1.165, 1.54) is 31.3 Å². The molecular formula is C16H26N2. The average molecular weight is 246 g/mol. The van der Waals surface area contributed by atoms with Gasteiger partial charge in [0.2, 0.25) is 0 Å². The maximum atomic E-state index is 4.51. The quantitative estimate of drug-likeness (QED) is 0.669. The molecule has 2 heteroatoms. The SMILES string of the molecule is C=C(/N=C\C(=C/C)CC)N1CCC(C2CC2)CC1. The number of likely N-dealkylation sites (tertiary alicyclic amines) is 1. The van der Waals surface area contributed by atoms with E-state index in [4.69, 9.17) is 0 Å². The molecule has 0 amide bonds. The predicted octanol–water partition coefficient (Wildman–Crippen LogP) is 4.01. The highest BCUT2D eigenvalue weighted by atomic mass is 15.2. The lowest BCUT2D eigenvalue weighted by atomic mass is 9.92. The van der Waals surface area contributed by atoms with Gasteiger partial charge in [0.1, 0.15) is 5.82 Å². The fraction of sp³-hybridized carbons (Fsp3) is 0.688. The van der Waals surface area contributed by atoms with Gasteiger partial charge in [-0.15, -0.1) is 0 Å². The second-order valence-electron chi connectivity index (χ2n) is 5.55. The van der Waals surface area contributed by atoms with Crippen molar-refractivity contribution in [3.05, 3.63) is 24.0 Å². The second kappa shape index (κ2) is 6.21. The molecule has 1 aliphatic carbocycles. The minimum atomic E-state index is 0.942. The van der Waals surface area contributed by atoms with Crippen LogP contribution in [0.5, 0.6) is 0 Å². The van der Waals surface area contributed by atoms with Gasteiger partial charge in [-0.25, -0.2) is 4.99 Å². The van der Waals surface area contributed by atoms with Gasteiger partial charge in [0.25, 0.3) is 0 Å². The Bertz CT molecular complexity index is 342. The Kier molecular flexibility index (Phi) is 4.62. The third kappa shape index (κ3) is 3.47. The van der Waals surface area contributed by atoms with Gasteiger partial charge in [-0.05, 0) is 56.4 Å². The molecule has 100 valence electrons. The first-order chi connectivity index (χ1) is 8.74. The molecule has 2 aliphatic rings. The van der Waals surface area contributed by atoms with E-state index < -0.39 is 0 Å². The summed E-state index contributed by atoms with van der Waals surface area (Å²) >= 11 is 0. The Hall–Kier alpha value is -1.05. The van der Waals surface area contributed by atoms with Gasteiger partial charge in [0.15, 0.2) is 0 Å². The maximum absolute atomic E-state index is 4.51. The summed E-state index contributed by atoms with van der Waals surface area (Å²) in [6.45, 7) is 10.6. The van der Waals surface area contributed by atoms with Gasteiger partial charge < -0.3 is 4.90 Å². The molecule has 0 N–H and O–H groups in total. The van der Waals surface area contributed by atoms with Crippen molar-refractivity contribution in [2.45, 2.75) is 46.0 Å². The lowest BCUT2D eigenvalue weighted by Crippen LogP contribution is -2.33. The van der Waals surface area contributed by atoms with Crippen molar-refractivity contribution in [2.24, 2.45) is 16.8 Å². The van der Waals surface area contributed by atoms with Crippen LogP contribution in [0.15, 0.2) is 29.0 Å². The fourth-order valence-electron chi connectivity index (χ4n) is 2.81. The van der Waals surface area contributed by atoms with Crippen LogP contribution in [0.3, 0.4) is 0 Å². The number of aliphatic imine (C=N–C) groups is 1. The number of hydrogen-bond acceptors (Lipinski definition) is 2. The highest BCUT2D eigenvalue weighted by molar-refractivity contribution is 5.78. The minimum absolute atomic E-state index is 0.942. The lowest BCUT2D eigenvalue weighted by molar-refractivity contribution is 0.210. The zero-order valence-corrected chi connectivity index (χ0v) is 11.9. The van der Waals surface area contributed by atoms with E-state index in [9.17, 15) is 0 Å². The second-order valence-corrected chi connectivity index (χ2v) is 5.55. The number of nitrogens with zero attached hydrogens (tertiary/aromatic N) is 2. The molecule has 1 saturated heterocycles. The Balaban J connectivity index is 1.79. The van der Waals surface area contributed by atoms with E-state index in [-0.39, 0.29) is 0 Å². The molecule has 2 fully saturated rings. The molecule has 1 heterocycles. The normalized spacial score (nSPS) is 22.8. The molecule has 0 aromatic heterocycles. The lowest BCUT2D eigenvalue weighted by Gasteiger charge is -2.33. The van der Waals surface area contributed by atoms with Gasteiger partial charge in [-0.2, -0.15) is 0 Å². The Morgan fingerprint density at radius 2 is 1.83 bits per heavy atom. The third-order valence-corrected chi connectivity index (χ3v) is 4.35. The van der Waals surface area contributed by atoms with Crippen LogP contribution in [-0.2, 0) is 0 Å². The summed E-state index contributed by atoms with van der Waals surface area (Å²) in [6.07, 6.45) is 10.8. The molecule has 0 bridgehead atoms. The summed E-state index contributed by atoms with van der Waals surface area (Å²) < 4.78 is 0. The van der Waals surface area contributed by atoms with Crippen molar-refractivity contribution in [2.75, 3.05) is 13.1 Å². The summed E-state index contributed by atoms with van der Waals surface area (Å²) in [6, 6.07) is 0. The van der Waals surface area contributed by atoms with E-state index >= 15 is 0 Å². The molecule has 0 radical (unpaired) electrons. The number of piperidine rings is 1. The molecule has 0 aromatic carbocycles. The smallest absolute Gasteiger partial charge is 0.121 e.